The largest absolute Gasteiger partial charge is 0.322 e. The molecule has 0 radical (unpaired) electrons. The lowest BCUT2D eigenvalue weighted by Gasteiger charge is -2.23. The monoisotopic (exact) mass is 615 g/mol. The van der Waals surface area contributed by atoms with E-state index >= 15 is 0 Å². The first-order valence-corrected chi connectivity index (χ1v) is 16.5. The van der Waals surface area contributed by atoms with Gasteiger partial charge in [-0.05, 0) is 110 Å². The van der Waals surface area contributed by atoms with Gasteiger partial charge in [-0.25, -0.2) is 16.8 Å². The Morgan fingerprint density at radius 2 is 1.32 bits per heavy atom. The first-order valence-electron chi connectivity index (χ1n) is 12.0. The Kier molecular flexibility index (Phi) is 9.09. The second-order valence-electron chi connectivity index (χ2n) is 8.48. The third-order valence-electron chi connectivity index (χ3n) is 5.87. The maximum absolute atomic E-state index is 13.2. The fourth-order valence-electron chi connectivity index (χ4n) is 3.80. The summed E-state index contributed by atoms with van der Waals surface area (Å²) in [7, 11) is -7.62. The SMILES string of the molecule is CCN(c1ccc(C(=O)Nc2ccc(S(=O)(=O)Nc3ccc(Cl)cc3)cc2)cc1)S(=O)(=O)c1ccc(SC)cc1. The summed E-state index contributed by atoms with van der Waals surface area (Å²) < 4.78 is 55.5. The van der Waals surface area contributed by atoms with Crippen LogP contribution in [-0.2, 0) is 20.0 Å². The number of carbonyl (C=O) groups is 1. The van der Waals surface area contributed by atoms with E-state index in [1.165, 1.54) is 52.5 Å². The molecule has 0 fully saturated rings. The van der Waals surface area contributed by atoms with E-state index in [1.54, 1.807) is 67.6 Å². The van der Waals surface area contributed by atoms with Crippen molar-refractivity contribution >= 4 is 66.4 Å². The van der Waals surface area contributed by atoms with Crippen molar-refractivity contribution in [2.24, 2.45) is 0 Å². The van der Waals surface area contributed by atoms with Crippen LogP contribution in [0.4, 0.5) is 17.1 Å². The highest BCUT2D eigenvalue weighted by molar-refractivity contribution is 7.98. The van der Waals surface area contributed by atoms with Crippen LogP contribution in [0.25, 0.3) is 0 Å². The van der Waals surface area contributed by atoms with Crippen molar-refractivity contribution < 1.29 is 21.6 Å². The molecule has 2 N–H and O–H groups in total. The normalized spacial score (nSPS) is 11.6. The molecule has 4 aromatic rings. The minimum absolute atomic E-state index is 0.0220. The minimum atomic E-state index is -3.84. The van der Waals surface area contributed by atoms with Crippen molar-refractivity contribution in [3.05, 3.63) is 108 Å². The van der Waals surface area contributed by atoms with Gasteiger partial charge in [-0.15, -0.1) is 11.8 Å². The lowest BCUT2D eigenvalue weighted by molar-refractivity contribution is 0.102. The van der Waals surface area contributed by atoms with Crippen molar-refractivity contribution in [3.8, 4) is 0 Å². The molecule has 1 amide bonds. The zero-order chi connectivity index (χ0) is 28.9. The first kappa shape index (κ1) is 29.5. The molecule has 0 aliphatic carbocycles. The van der Waals surface area contributed by atoms with Crippen molar-refractivity contribution in [3.63, 3.8) is 0 Å². The Morgan fingerprint density at radius 1 is 0.775 bits per heavy atom. The standard InChI is InChI=1S/C28H26ClN3O5S3/c1-3-32(40(36,37)27-18-14-25(38-2)15-19-27)24-12-4-20(5-13-24)28(33)30-22-10-16-26(17-11-22)39(34,35)31-23-8-6-21(29)7-9-23/h4-19,31H,3H2,1-2H3,(H,30,33). The summed E-state index contributed by atoms with van der Waals surface area (Å²) in [5, 5.41) is 3.21. The number of nitrogens with zero attached hydrogens (tertiary/aromatic N) is 1. The van der Waals surface area contributed by atoms with Gasteiger partial charge < -0.3 is 5.32 Å². The topological polar surface area (TPSA) is 113 Å². The van der Waals surface area contributed by atoms with Crippen LogP contribution in [0.1, 0.15) is 17.3 Å². The highest BCUT2D eigenvalue weighted by Gasteiger charge is 2.24. The van der Waals surface area contributed by atoms with Crippen LogP contribution in [-0.4, -0.2) is 35.5 Å². The van der Waals surface area contributed by atoms with Gasteiger partial charge in [0.2, 0.25) is 0 Å². The molecule has 0 heterocycles. The molecular weight excluding hydrogens is 590 g/mol. The third kappa shape index (κ3) is 6.79. The quantitative estimate of drug-likeness (QED) is 0.202. The predicted molar refractivity (Wildman–Crippen MR) is 162 cm³/mol. The summed E-state index contributed by atoms with van der Waals surface area (Å²) in [5.74, 6) is -0.431. The van der Waals surface area contributed by atoms with Crippen LogP contribution in [0.2, 0.25) is 5.02 Å². The minimum Gasteiger partial charge on any atom is -0.322 e. The molecule has 0 spiro atoms. The van der Waals surface area contributed by atoms with Crippen LogP contribution in [0.5, 0.6) is 0 Å². The predicted octanol–water partition coefficient (Wildman–Crippen LogP) is 6.33. The van der Waals surface area contributed by atoms with E-state index in [1.807, 2.05) is 6.26 Å². The summed E-state index contributed by atoms with van der Waals surface area (Å²) in [6, 6.07) is 24.9. The number of carbonyl (C=O) groups excluding carboxylic acids is 1. The maximum atomic E-state index is 13.2. The number of rotatable bonds is 10. The molecule has 4 aromatic carbocycles. The highest BCUT2D eigenvalue weighted by atomic mass is 35.5. The number of benzene rings is 4. The van der Waals surface area contributed by atoms with Gasteiger partial charge in [0.25, 0.3) is 26.0 Å². The van der Waals surface area contributed by atoms with Crippen LogP contribution in [0, 0.1) is 0 Å². The number of anilines is 3. The van der Waals surface area contributed by atoms with E-state index < -0.39 is 26.0 Å². The molecule has 8 nitrogen and oxygen atoms in total. The Morgan fingerprint density at radius 3 is 1.88 bits per heavy atom. The summed E-state index contributed by atoms with van der Waals surface area (Å²) in [6.45, 7) is 1.95. The summed E-state index contributed by atoms with van der Waals surface area (Å²) in [5.41, 5.74) is 1.50. The molecule has 208 valence electrons. The lowest BCUT2D eigenvalue weighted by atomic mass is 10.2. The molecule has 0 saturated carbocycles. The molecule has 0 saturated heterocycles. The van der Waals surface area contributed by atoms with Crippen molar-refractivity contribution in [1.82, 2.24) is 0 Å². The number of thioether (sulfide) groups is 1. The molecule has 0 aromatic heterocycles. The van der Waals surface area contributed by atoms with Crippen molar-refractivity contribution in [2.75, 3.05) is 27.1 Å². The Bertz CT molecular complexity index is 1690. The second kappa shape index (κ2) is 12.3. The van der Waals surface area contributed by atoms with Gasteiger partial charge in [0.15, 0.2) is 0 Å². The molecular formula is C28H26ClN3O5S3. The number of halogens is 1. The number of sulfonamides is 2. The van der Waals surface area contributed by atoms with Crippen LogP contribution < -0.4 is 14.3 Å². The Balaban J connectivity index is 1.44. The Labute approximate surface area is 243 Å². The van der Waals surface area contributed by atoms with E-state index in [9.17, 15) is 21.6 Å². The average molecular weight is 616 g/mol. The lowest BCUT2D eigenvalue weighted by Crippen LogP contribution is -2.30. The number of hydrogen-bond donors (Lipinski definition) is 2. The highest BCUT2D eigenvalue weighted by Crippen LogP contribution is 2.26. The van der Waals surface area contributed by atoms with Crippen LogP contribution in [0.15, 0.2) is 112 Å². The van der Waals surface area contributed by atoms with Crippen molar-refractivity contribution in [1.29, 1.82) is 0 Å². The molecule has 4 rings (SSSR count). The van der Waals surface area contributed by atoms with Gasteiger partial charge in [-0.2, -0.15) is 0 Å². The van der Waals surface area contributed by atoms with Gasteiger partial charge in [0.05, 0.1) is 15.5 Å². The molecule has 0 bridgehead atoms. The van der Waals surface area contributed by atoms with E-state index in [0.717, 1.165) is 4.90 Å². The summed E-state index contributed by atoms with van der Waals surface area (Å²) >= 11 is 7.37. The van der Waals surface area contributed by atoms with Gasteiger partial charge >= 0.3 is 0 Å². The molecule has 12 heteroatoms. The maximum Gasteiger partial charge on any atom is 0.264 e. The smallest absolute Gasteiger partial charge is 0.264 e. The van der Waals surface area contributed by atoms with Gasteiger partial charge in [0.1, 0.15) is 0 Å². The number of nitrogens with one attached hydrogen (secondary N) is 2. The molecule has 0 atom stereocenters. The van der Waals surface area contributed by atoms with E-state index in [4.69, 9.17) is 11.6 Å². The molecule has 0 unspecified atom stereocenters. The molecule has 0 aliphatic rings. The van der Waals surface area contributed by atoms with E-state index in [-0.39, 0.29) is 16.3 Å². The number of hydrogen-bond acceptors (Lipinski definition) is 6. The van der Waals surface area contributed by atoms with Gasteiger partial charge in [-0.3, -0.25) is 13.8 Å². The summed E-state index contributed by atoms with van der Waals surface area (Å²) in [4.78, 5) is 14.0. The zero-order valence-electron chi connectivity index (χ0n) is 21.5. The van der Waals surface area contributed by atoms with Crippen LogP contribution in [0.3, 0.4) is 0 Å². The fourth-order valence-corrected chi connectivity index (χ4v) is 6.86. The average Bonchev–Trinajstić information content (AvgIpc) is 2.95. The molecule has 40 heavy (non-hydrogen) atoms. The Hall–Kier alpha value is -3.51. The van der Waals surface area contributed by atoms with Crippen LogP contribution >= 0.6 is 23.4 Å². The van der Waals surface area contributed by atoms with E-state index in [2.05, 4.69) is 10.0 Å². The molecule has 0 aliphatic heterocycles. The van der Waals surface area contributed by atoms with E-state index in [0.29, 0.717) is 27.6 Å². The first-order chi connectivity index (χ1) is 19.0. The third-order valence-corrected chi connectivity index (χ3v) is 10.2. The zero-order valence-corrected chi connectivity index (χ0v) is 24.7. The van der Waals surface area contributed by atoms with Gasteiger partial charge in [0, 0.05) is 33.4 Å². The number of amides is 1. The second-order valence-corrected chi connectivity index (χ2v) is 13.3. The fraction of sp³-hybridized carbons (Fsp3) is 0.107. The van der Waals surface area contributed by atoms with Crippen molar-refractivity contribution in [2.45, 2.75) is 21.6 Å². The summed E-state index contributed by atoms with van der Waals surface area (Å²) in [6.07, 6.45) is 1.92. The van der Waals surface area contributed by atoms with Gasteiger partial charge in [-0.1, -0.05) is 11.6 Å².